The van der Waals surface area contributed by atoms with Crippen LogP contribution in [0.25, 0.3) is 0 Å². The fourth-order valence-corrected chi connectivity index (χ4v) is 3.12. The summed E-state index contributed by atoms with van der Waals surface area (Å²) in [6.07, 6.45) is 1.87. The molecule has 96 valence electrons. The lowest BCUT2D eigenvalue weighted by Gasteiger charge is -2.16. The third-order valence-corrected chi connectivity index (χ3v) is 4.42. The van der Waals surface area contributed by atoms with Gasteiger partial charge in [0.25, 0.3) is 0 Å². The molecule has 0 fully saturated rings. The molecule has 0 saturated carbocycles. The lowest BCUT2D eigenvalue weighted by Crippen LogP contribution is -2.29. The van der Waals surface area contributed by atoms with Crippen molar-refractivity contribution in [2.75, 3.05) is 7.05 Å². The zero-order chi connectivity index (χ0) is 13.0. The molecule has 0 aliphatic heterocycles. The molecule has 1 aromatic carbocycles. The lowest BCUT2D eigenvalue weighted by molar-refractivity contribution is 0.554. The second-order valence-corrected chi connectivity index (χ2v) is 5.90. The van der Waals surface area contributed by atoms with Gasteiger partial charge in [0.05, 0.1) is 0 Å². The summed E-state index contributed by atoms with van der Waals surface area (Å²) in [6.45, 7) is 0. The van der Waals surface area contributed by atoms with Crippen molar-refractivity contribution in [3.8, 4) is 0 Å². The van der Waals surface area contributed by atoms with E-state index in [-0.39, 0.29) is 5.82 Å². The summed E-state index contributed by atoms with van der Waals surface area (Å²) in [5, 5.41) is 7.58. The molecular weight excluding hydrogens is 313 g/mol. The molecule has 0 radical (unpaired) electrons. The van der Waals surface area contributed by atoms with Crippen LogP contribution in [0.15, 0.2) is 39.5 Å². The largest absolute Gasteiger partial charge is 0.316 e. The summed E-state index contributed by atoms with van der Waals surface area (Å²) >= 11 is 5.13. The van der Waals surface area contributed by atoms with E-state index < -0.39 is 0 Å². The molecule has 0 saturated heterocycles. The smallest absolute Gasteiger partial charge is 0.124 e. The fraction of sp³-hybridized carbons (Fsp3) is 0.286. The molecule has 1 N–H and O–H groups in total. The van der Waals surface area contributed by atoms with Gasteiger partial charge in [-0.25, -0.2) is 4.39 Å². The van der Waals surface area contributed by atoms with E-state index in [1.807, 2.05) is 13.1 Å². The first-order valence-corrected chi connectivity index (χ1v) is 7.55. The summed E-state index contributed by atoms with van der Waals surface area (Å²) in [6, 6.07) is 7.39. The van der Waals surface area contributed by atoms with Crippen LogP contribution >= 0.6 is 27.3 Å². The molecule has 1 aromatic heterocycles. The van der Waals surface area contributed by atoms with Crippen LogP contribution in [-0.2, 0) is 12.8 Å². The number of benzene rings is 1. The quantitative estimate of drug-likeness (QED) is 0.874. The number of halogens is 2. The van der Waals surface area contributed by atoms with Crippen LogP contribution in [-0.4, -0.2) is 13.1 Å². The number of rotatable bonds is 5. The monoisotopic (exact) mass is 327 g/mol. The van der Waals surface area contributed by atoms with Crippen LogP contribution in [0.1, 0.15) is 11.1 Å². The summed E-state index contributed by atoms with van der Waals surface area (Å²) in [5.74, 6) is -0.204. The second-order valence-electron chi connectivity index (χ2n) is 4.26. The molecule has 0 bridgehead atoms. The average molecular weight is 328 g/mol. The van der Waals surface area contributed by atoms with Gasteiger partial charge < -0.3 is 5.32 Å². The Morgan fingerprint density at radius 3 is 2.78 bits per heavy atom. The third-order valence-electron chi connectivity index (χ3n) is 2.95. The summed E-state index contributed by atoms with van der Waals surface area (Å²) in [4.78, 5) is 0. The van der Waals surface area contributed by atoms with Crippen LogP contribution < -0.4 is 5.32 Å². The molecule has 1 atom stereocenters. The van der Waals surface area contributed by atoms with E-state index in [2.05, 4.69) is 38.1 Å². The Labute approximate surface area is 119 Å². The number of hydrogen-bond acceptors (Lipinski definition) is 2. The lowest BCUT2D eigenvalue weighted by atomic mass is 10.0. The van der Waals surface area contributed by atoms with Crippen LogP contribution in [0.5, 0.6) is 0 Å². The minimum atomic E-state index is -0.204. The van der Waals surface area contributed by atoms with Crippen molar-refractivity contribution < 1.29 is 4.39 Å². The molecule has 4 heteroatoms. The van der Waals surface area contributed by atoms with Crippen LogP contribution in [0.2, 0.25) is 0 Å². The number of nitrogens with one attached hydrogen (secondary N) is 1. The maximum Gasteiger partial charge on any atom is 0.124 e. The number of likely N-dealkylation sites (N-methyl/N-ethyl adjacent to an activating group) is 1. The van der Waals surface area contributed by atoms with Gasteiger partial charge in [-0.15, -0.1) is 0 Å². The molecule has 0 aliphatic rings. The molecule has 0 aliphatic carbocycles. The highest BCUT2D eigenvalue weighted by molar-refractivity contribution is 9.10. The van der Waals surface area contributed by atoms with Gasteiger partial charge >= 0.3 is 0 Å². The van der Waals surface area contributed by atoms with Gasteiger partial charge in [-0.1, -0.05) is 22.0 Å². The first kappa shape index (κ1) is 13.7. The Kier molecular flexibility index (Phi) is 4.92. The highest BCUT2D eigenvalue weighted by Crippen LogP contribution is 2.20. The molecule has 1 unspecified atom stereocenters. The maximum atomic E-state index is 13.0. The Hall–Kier alpha value is -0.710. The van der Waals surface area contributed by atoms with Gasteiger partial charge in [0.2, 0.25) is 0 Å². The molecule has 1 heterocycles. The highest BCUT2D eigenvalue weighted by atomic mass is 79.9. The molecule has 2 rings (SSSR count). The van der Waals surface area contributed by atoms with E-state index in [4.69, 9.17) is 0 Å². The van der Waals surface area contributed by atoms with Crippen LogP contribution in [0, 0.1) is 5.82 Å². The summed E-state index contributed by atoms with van der Waals surface area (Å²) in [5.41, 5.74) is 2.48. The first-order chi connectivity index (χ1) is 8.69. The Morgan fingerprint density at radius 2 is 2.17 bits per heavy atom. The van der Waals surface area contributed by atoms with Gasteiger partial charge in [0.15, 0.2) is 0 Å². The van der Waals surface area contributed by atoms with Gasteiger partial charge in [0.1, 0.15) is 5.82 Å². The van der Waals surface area contributed by atoms with E-state index >= 15 is 0 Å². The molecule has 0 amide bonds. The first-order valence-electron chi connectivity index (χ1n) is 5.81. The van der Waals surface area contributed by atoms with Crippen molar-refractivity contribution >= 4 is 27.3 Å². The van der Waals surface area contributed by atoms with Crippen molar-refractivity contribution in [2.24, 2.45) is 0 Å². The van der Waals surface area contributed by atoms with Gasteiger partial charge in [-0.2, -0.15) is 11.3 Å². The van der Waals surface area contributed by atoms with E-state index in [9.17, 15) is 4.39 Å². The van der Waals surface area contributed by atoms with Crippen molar-refractivity contribution in [2.45, 2.75) is 18.9 Å². The van der Waals surface area contributed by atoms with E-state index in [0.717, 1.165) is 22.9 Å². The molecular formula is C14H15BrFNS. The average Bonchev–Trinajstić information content (AvgIpc) is 2.84. The predicted molar refractivity (Wildman–Crippen MR) is 78.7 cm³/mol. The normalized spacial score (nSPS) is 12.6. The molecule has 1 nitrogen and oxygen atoms in total. The summed E-state index contributed by atoms with van der Waals surface area (Å²) in [7, 11) is 1.97. The zero-order valence-corrected chi connectivity index (χ0v) is 12.5. The van der Waals surface area contributed by atoms with Crippen molar-refractivity contribution in [3.05, 3.63) is 56.4 Å². The molecule has 2 aromatic rings. The Morgan fingerprint density at radius 1 is 1.33 bits per heavy atom. The van der Waals surface area contributed by atoms with Gasteiger partial charge in [-0.3, -0.25) is 0 Å². The SMILES string of the molecule is CNC(Cc1ccsc1)Cc1ccc(F)cc1Br. The predicted octanol–water partition coefficient (Wildman–Crippen LogP) is 4.02. The maximum absolute atomic E-state index is 13.0. The van der Waals surface area contributed by atoms with Crippen molar-refractivity contribution in [3.63, 3.8) is 0 Å². The Balaban J connectivity index is 2.05. The molecule has 0 spiro atoms. The Bertz CT molecular complexity index is 499. The van der Waals surface area contributed by atoms with Crippen LogP contribution in [0.3, 0.4) is 0 Å². The van der Waals surface area contributed by atoms with Gasteiger partial charge in [0, 0.05) is 10.5 Å². The van der Waals surface area contributed by atoms with Gasteiger partial charge in [-0.05, 0) is 60.0 Å². The standard InChI is InChI=1S/C14H15BrFNS/c1-17-13(6-10-4-5-18-9-10)7-11-2-3-12(16)8-14(11)15/h2-5,8-9,13,17H,6-7H2,1H3. The third kappa shape index (κ3) is 3.64. The van der Waals surface area contributed by atoms with E-state index in [1.165, 1.54) is 17.7 Å². The minimum absolute atomic E-state index is 0.204. The molecule has 18 heavy (non-hydrogen) atoms. The fourth-order valence-electron chi connectivity index (χ4n) is 1.92. The van der Waals surface area contributed by atoms with E-state index in [0.29, 0.717) is 6.04 Å². The minimum Gasteiger partial charge on any atom is -0.316 e. The topological polar surface area (TPSA) is 12.0 Å². The second kappa shape index (κ2) is 6.45. The summed E-state index contributed by atoms with van der Waals surface area (Å²) < 4.78 is 13.9. The number of hydrogen-bond donors (Lipinski definition) is 1. The zero-order valence-electron chi connectivity index (χ0n) is 10.1. The number of thiophene rings is 1. The van der Waals surface area contributed by atoms with Crippen LogP contribution in [0.4, 0.5) is 4.39 Å². The highest BCUT2D eigenvalue weighted by Gasteiger charge is 2.11. The van der Waals surface area contributed by atoms with E-state index in [1.54, 1.807) is 11.3 Å². The van der Waals surface area contributed by atoms with Crippen molar-refractivity contribution in [1.29, 1.82) is 0 Å². The van der Waals surface area contributed by atoms with Crippen molar-refractivity contribution in [1.82, 2.24) is 5.32 Å².